The first-order valence-corrected chi connectivity index (χ1v) is 14.6. The van der Waals surface area contributed by atoms with Crippen LogP contribution in [0.3, 0.4) is 0 Å². The van der Waals surface area contributed by atoms with Crippen LogP contribution in [-0.4, -0.2) is 71.0 Å². The van der Waals surface area contributed by atoms with Gasteiger partial charge >= 0.3 is 0 Å². The first-order chi connectivity index (χ1) is 19.5. The number of anilines is 1. The van der Waals surface area contributed by atoms with Crippen LogP contribution in [0, 0.1) is 0 Å². The number of benzene rings is 3. The Bertz CT molecular complexity index is 1310. The van der Waals surface area contributed by atoms with Gasteiger partial charge in [0.05, 0.1) is 17.3 Å². The Hall–Kier alpha value is -3.68. The minimum absolute atomic E-state index is 0.0805. The third kappa shape index (κ3) is 4.67. The monoisotopic (exact) mass is 536 g/mol. The summed E-state index contributed by atoms with van der Waals surface area (Å²) >= 11 is 0. The van der Waals surface area contributed by atoms with Gasteiger partial charge in [0, 0.05) is 38.8 Å². The quantitative estimate of drug-likeness (QED) is 0.432. The summed E-state index contributed by atoms with van der Waals surface area (Å²) < 4.78 is 0. The van der Waals surface area contributed by atoms with Crippen molar-refractivity contribution in [2.75, 3.05) is 37.6 Å². The van der Waals surface area contributed by atoms with Crippen molar-refractivity contribution in [3.8, 4) is 0 Å². The van der Waals surface area contributed by atoms with Crippen molar-refractivity contribution < 1.29 is 4.79 Å². The number of amides is 1. The van der Waals surface area contributed by atoms with Crippen molar-refractivity contribution in [1.29, 1.82) is 0 Å². The predicted molar refractivity (Wildman–Crippen MR) is 161 cm³/mol. The highest BCUT2D eigenvalue weighted by molar-refractivity contribution is 6.10. The van der Waals surface area contributed by atoms with Gasteiger partial charge in [-0.2, -0.15) is 5.10 Å². The van der Waals surface area contributed by atoms with Crippen LogP contribution in [0.4, 0.5) is 5.69 Å². The lowest BCUT2D eigenvalue weighted by molar-refractivity contribution is 0.0187. The summed E-state index contributed by atoms with van der Waals surface area (Å²) in [6.07, 6.45) is 1.82. The fourth-order valence-corrected chi connectivity index (χ4v) is 6.85. The van der Waals surface area contributed by atoms with Gasteiger partial charge in [-0.15, -0.1) is 0 Å². The molecule has 7 heteroatoms. The molecule has 1 fully saturated rings. The van der Waals surface area contributed by atoms with E-state index in [0.29, 0.717) is 0 Å². The molecule has 1 saturated heterocycles. The standard InChI is InChI=1S/C33H40N6O/c1-4-28(39-32(40)29-17-11-12-18-30(29)38-25(2)34-35-33(38,39)3)19-20-36-21-23-37(24-22-36)31(26-13-7-5-8-14-26)27-15-9-6-10-16-27/h5-18,28,31,35H,4,19-24H2,1-3H3. The number of piperazine rings is 1. The Morgan fingerprint density at radius 2 is 1.48 bits per heavy atom. The average Bonchev–Trinajstić information content (AvgIpc) is 3.31. The van der Waals surface area contributed by atoms with Crippen molar-refractivity contribution in [2.45, 2.75) is 51.5 Å². The summed E-state index contributed by atoms with van der Waals surface area (Å²) in [6, 6.07) is 30.0. The van der Waals surface area contributed by atoms with Gasteiger partial charge in [0.25, 0.3) is 5.91 Å². The molecule has 0 saturated carbocycles. The molecule has 2 unspecified atom stereocenters. The van der Waals surface area contributed by atoms with Crippen LogP contribution in [0.5, 0.6) is 0 Å². The summed E-state index contributed by atoms with van der Waals surface area (Å²) in [5, 5.41) is 4.56. The minimum atomic E-state index is -0.701. The van der Waals surface area contributed by atoms with E-state index in [1.54, 1.807) is 0 Å². The molecule has 40 heavy (non-hydrogen) atoms. The maximum absolute atomic E-state index is 13.9. The molecule has 7 nitrogen and oxygen atoms in total. The van der Waals surface area contributed by atoms with Gasteiger partial charge in [-0.25, -0.2) is 0 Å². The molecule has 0 spiro atoms. The van der Waals surface area contributed by atoms with E-state index in [-0.39, 0.29) is 18.0 Å². The number of hydrogen-bond donors (Lipinski definition) is 1. The lowest BCUT2D eigenvalue weighted by Crippen LogP contribution is -2.70. The normalized spacial score (nSPS) is 22.1. The number of hydrazone groups is 1. The SMILES string of the molecule is CCC(CCN1CCN(C(c2ccccc2)c2ccccc2)CC1)N1C(=O)c2ccccc2N2C(C)=NNC21C. The lowest BCUT2D eigenvalue weighted by atomic mass is 9.96. The second-order valence-corrected chi connectivity index (χ2v) is 11.3. The molecule has 1 N–H and O–H groups in total. The van der Waals surface area contributed by atoms with Crippen LogP contribution in [0.25, 0.3) is 0 Å². The Labute approximate surface area is 238 Å². The number of rotatable bonds is 8. The molecule has 3 aliphatic heterocycles. The number of carbonyl (C=O) groups excluding carboxylic acids is 1. The maximum Gasteiger partial charge on any atom is 0.259 e. The van der Waals surface area contributed by atoms with E-state index < -0.39 is 5.79 Å². The van der Waals surface area contributed by atoms with Gasteiger partial charge in [0.2, 0.25) is 5.79 Å². The van der Waals surface area contributed by atoms with Gasteiger partial charge in [0.1, 0.15) is 5.84 Å². The molecule has 1 amide bonds. The zero-order chi connectivity index (χ0) is 27.7. The van der Waals surface area contributed by atoms with Gasteiger partial charge < -0.3 is 4.90 Å². The van der Waals surface area contributed by atoms with Crippen LogP contribution in [0.1, 0.15) is 61.1 Å². The summed E-state index contributed by atoms with van der Waals surface area (Å²) in [5.41, 5.74) is 7.67. The second-order valence-electron chi connectivity index (χ2n) is 11.3. The van der Waals surface area contributed by atoms with Gasteiger partial charge in [-0.3, -0.25) is 24.9 Å². The summed E-state index contributed by atoms with van der Waals surface area (Å²) in [5.74, 6) is 0.259. The molecule has 208 valence electrons. The van der Waals surface area contributed by atoms with E-state index in [9.17, 15) is 4.79 Å². The lowest BCUT2D eigenvalue weighted by Gasteiger charge is -2.51. The molecule has 0 aliphatic carbocycles. The molecule has 0 aromatic heterocycles. The Morgan fingerprint density at radius 1 is 0.875 bits per heavy atom. The highest BCUT2D eigenvalue weighted by Gasteiger charge is 2.52. The smallest absolute Gasteiger partial charge is 0.259 e. The molecular weight excluding hydrogens is 496 g/mol. The Kier molecular flexibility index (Phi) is 7.34. The molecule has 6 rings (SSSR count). The van der Waals surface area contributed by atoms with E-state index in [2.05, 4.69) is 99.7 Å². The first-order valence-electron chi connectivity index (χ1n) is 14.6. The molecule has 2 atom stereocenters. The number of carbonyl (C=O) groups is 1. The van der Waals surface area contributed by atoms with Crippen LogP contribution in [0.15, 0.2) is 90.0 Å². The molecule has 3 aliphatic rings. The van der Waals surface area contributed by atoms with E-state index in [4.69, 9.17) is 0 Å². The zero-order valence-electron chi connectivity index (χ0n) is 23.8. The number of nitrogens with one attached hydrogen (secondary N) is 1. The average molecular weight is 537 g/mol. The van der Waals surface area contributed by atoms with Crippen LogP contribution in [-0.2, 0) is 0 Å². The number of hydrogen-bond acceptors (Lipinski definition) is 6. The minimum Gasteiger partial charge on any atom is -0.301 e. The largest absolute Gasteiger partial charge is 0.301 e. The summed E-state index contributed by atoms with van der Waals surface area (Å²) in [7, 11) is 0. The van der Waals surface area contributed by atoms with Crippen molar-refractivity contribution in [3.63, 3.8) is 0 Å². The van der Waals surface area contributed by atoms with Gasteiger partial charge in [0.15, 0.2) is 0 Å². The van der Waals surface area contributed by atoms with Crippen molar-refractivity contribution >= 4 is 17.4 Å². The predicted octanol–water partition coefficient (Wildman–Crippen LogP) is 5.14. The highest BCUT2D eigenvalue weighted by Crippen LogP contribution is 2.40. The van der Waals surface area contributed by atoms with E-state index in [1.165, 1.54) is 11.1 Å². The molecule has 3 aromatic carbocycles. The highest BCUT2D eigenvalue weighted by atomic mass is 16.2. The van der Waals surface area contributed by atoms with Gasteiger partial charge in [-0.1, -0.05) is 79.7 Å². The fourth-order valence-electron chi connectivity index (χ4n) is 6.85. The topological polar surface area (TPSA) is 54.4 Å². The molecule has 3 heterocycles. The summed E-state index contributed by atoms with van der Waals surface area (Å²) in [4.78, 5) is 23.3. The number of nitrogens with zero attached hydrogens (tertiary/aromatic N) is 5. The van der Waals surface area contributed by atoms with Crippen LogP contribution in [0.2, 0.25) is 0 Å². The zero-order valence-corrected chi connectivity index (χ0v) is 23.8. The van der Waals surface area contributed by atoms with E-state index >= 15 is 0 Å². The Balaban J connectivity index is 1.14. The van der Waals surface area contributed by atoms with Crippen molar-refractivity contribution in [2.24, 2.45) is 5.10 Å². The van der Waals surface area contributed by atoms with Crippen LogP contribution >= 0.6 is 0 Å². The number of fused-ring (bicyclic) bond motifs is 3. The summed E-state index contributed by atoms with van der Waals surface area (Å²) in [6.45, 7) is 11.3. The fraction of sp³-hybridized carbons (Fsp3) is 0.394. The van der Waals surface area contributed by atoms with Gasteiger partial charge in [-0.05, 0) is 49.9 Å². The molecule has 0 radical (unpaired) electrons. The third-order valence-corrected chi connectivity index (χ3v) is 8.87. The number of para-hydroxylation sites is 1. The van der Waals surface area contributed by atoms with Crippen molar-refractivity contribution in [1.82, 2.24) is 20.1 Å². The maximum atomic E-state index is 13.9. The number of amidine groups is 1. The molecule has 0 bridgehead atoms. The molecule has 3 aromatic rings. The third-order valence-electron chi connectivity index (χ3n) is 8.87. The van der Waals surface area contributed by atoms with E-state index in [1.807, 2.05) is 36.1 Å². The van der Waals surface area contributed by atoms with Crippen LogP contribution < -0.4 is 10.3 Å². The first kappa shape index (κ1) is 26.5. The second kappa shape index (κ2) is 11.1. The van der Waals surface area contributed by atoms with E-state index in [0.717, 1.165) is 62.7 Å². The van der Waals surface area contributed by atoms with Crippen molar-refractivity contribution in [3.05, 3.63) is 102 Å². The Morgan fingerprint density at radius 3 is 2.10 bits per heavy atom. The molecular formula is C33H40N6O.